The van der Waals surface area contributed by atoms with E-state index < -0.39 is 0 Å². The smallest absolute Gasteiger partial charge is 0.267 e. The van der Waals surface area contributed by atoms with Crippen LogP contribution in [0.1, 0.15) is 32.6 Å². The van der Waals surface area contributed by atoms with Crippen LogP contribution < -0.4 is 10.2 Å². The topological polar surface area (TPSA) is 75.2 Å². The Balaban J connectivity index is 1.48. The molecule has 1 atom stereocenters. The minimum atomic E-state index is -0.188. The molecule has 0 radical (unpaired) electrons. The van der Waals surface area contributed by atoms with Gasteiger partial charge in [0.1, 0.15) is 5.01 Å². The second kappa shape index (κ2) is 6.97. The van der Waals surface area contributed by atoms with E-state index in [-0.39, 0.29) is 17.7 Å². The van der Waals surface area contributed by atoms with E-state index in [0.717, 1.165) is 16.3 Å². The van der Waals surface area contributed by atoms with E-state index >= 15 is 0 Å². The van der Waals surface area contributed by atoms with Crippen LogP contribution in [0.5, 0.6) is 0 Å². The third-order valence-electron chi connectivity index (χ3n) is 4.29. The molecule has 0 unspecified atom stereocenters. The van der Waals surface area contributed by atoms with Crippen molar-refractivity contribution in [2.45, 2.75) is 19.3 Å². The number of aromatic nitrogens is 2. The maximum atomic E-state index is 12.5. The first-order valence-corrected chi connectivity index (χ1v) is 9.85. The quantitative estimate of drug-likeness (QED) is 0.744. The molecule has 4 rings (SSSR count). The third kappa shape index (κ3) is 3.25. The molecular formula is C18H16N4O2S2. The van der Waals surface area contributed by atoms with Crippen LogP contribution in [0, 0.1) is 6.92 Å². The molecule has 1 aliphatic rings. The molecule has 3 heterocycles. The van der Waals surface area contributed by atoms with E-state index in [1.165, 1.54) is 22.7 Å². The minimum absolute atomic E-state index is 0.00741. The molecule has 2 amide bonds. The van der Waals surface area contributed by atoms with E-state index in [9.17, 15) is 9.59 Å². The number of carbonyl (C=O) groups is 2. The molecule has 1 aromatic carbocycles. The van der Waals surface area contributed by atoms with Gasteiger partial charge in [-0.15, -0.1) is 21.5 Å². The molecule has 26 heavy (non-hydrogen) atoms. The number of amides is 2. The average Bonchev–Trinajstić information content (AvgIpc) is 3.36. The maximum absolute atomic E-state index is 12.5. The van der Waals surface area contributed by atoms with Crippen molar-refractivity contribution in [2.75, 3.05) is 16.8 Å². The van der Waals surface area contributed by atoms with Gasteiger partial charge in [-0.25, -0.2) is 0 Å². The molecule has 1 fully saturated rings. The van der Waals surface area contributed by atoms with Crippen molar-refractivity contribution in [1.82, 2.24) is 10.2 Å². The number of anilines is 2. The number of para-hydroxylation sites is 1. The molecule has 0 bridgehead atoms. The third-order valence-corrected chi connectivity index (χ3v) is 6.16. The molecule has 2 aromatic heterocycles. The highest BCUT2D eigenvalue weighted by Crippen LogP contribution is 2.35. The van der Waals surface area contributed by atoms with Gasteiger partial charge in [-0.2, -0.15) is 0 Å². The lowest BCUT2D eigenvalue weighted by Crippen LogP contribution is -2.25. The van der Waals surface area contributed by atoms with Crippen LogP contribution in [0.3, 0.4) is 0 Å². The van der Waals surface area contributed by atoms with Gasteiger partial charge in [0.25, 0.3) is 5.91 Å². The Bertz CT molecular complexity index is 952. The number of carbonyl (C=O) groups excluding carboxylic acids is 2. The molecule has 0 saturated carbocycles. The fraction of sp³-hybridized carbons (Fsp3) is 0.222. The van der Waals surface area contributed by atoms with Crippen molar-refractivity contribution < 1.29 is 9.59 Å². The number of hydrogen-bond donors (Lipinski definition) is 1. The molecule has 3 aromatic rings. The van der Waals surface area contributed by atoms with Crippen LogP contribution >= 0.6 is 22.7 Å². The predicted octanol–water partition coefficient (Wildman–Crippen LogP) is 3.68. The van der Waals surface area contributed by atoms with Gasteiger partial charge in [0, 0.05) is 24.6 Å². The van der Waals surface area contributed by atoms with Crippen LogP contribution in [0.4, 0.5) is 10.8 Å². The summed E-state index contributed by atoms with van der Waals surface area (Å²) in [5, 5.41) is 14.1. The molecule has 8 heteroatoms. The van der Waals surface area contributed by atoms with E-state index in [1.54, 1.807) is 6.07 Å². The number of hydrogen-bond acceptors (Lipinski definition) is 6. The zero-order valence-electron chi connectivity index (χ0n) is 14.0. The van der Waals surface area contributed by atoms with Crippen LogP contribution in [0.2, 0.25) is 0 Å². The highest BCUT2D eigenvalue weighted by atomic mass is 32.1. The van der Waals surface area contributed by atoms with Crippen LogP contribution in [-0.2, 0) is 4.79 Å². The molecule has 1 aliphatic heterocycles. The number of nitrogens with one attached hydrogen (secondary N) is 1. The summed E-state index contributed by atoms with van der Waals surface area (Å²) >= 11 is 2.71. The van der Waals surface area contributed by atoms with Gasteiger partial charge in [-0.3, -0.25) is 14.9 Å². The molecule has 0 aliphatic carbocycles. The zero-order valence-corrected chi connectivity index (χ0v) is 15.6. The van der Waals surface area contributed by atoms with Crippen LogP contribution in [0.15, 0.2) is 41.8 Å². The number of thiophene rings is 1. The highest BCUT2D eigenvalue weighted by Gasteiger charge is 2.34. The molecule has 0 spiro atoms. The normalized spacial score (nSPS) is 16.9. The van der Waals surface area contributed by atoms with Crippen LogP contribution in [0.25, 0.3) is 0 Å². The largest absolute Gasteiger partial charge is 0.311 e. The lowest BCUT2D eigenvalue weighted by atomic mass is 10.1. The van der Waals surface area contributed by atoms with E-state index in [4.69, 9.17) is 0 Å². The van der Waals surface area contributed by atoms with E-state index in [1.807, 2.05) is 47.5 Å². The Morgan fingerprint density at radius 3 is 2.85 bits per heavy atom. The highest BCUT2D eigenvalue weighted by molar-refractivity contribution is 7.15. The maximum Gasteiger partial charge on any atom is 0.267 e. The average molecular weight is 384 g/mol. The molecule has 6 nitrogen and oxygen atoms in total. The first-order valence-electron chi connectivity index (χ1n) is 8.16. The fourth-order valence-corrected chi connectivity index (χ4v) is 4.44. The van der Waals surface area contributed by atoms with Crippen LogP contribution in [-0.4, -0.2) is 28.6 Å². The lowest BCUT2D eigenvalue weighted by molar-refractivity contribution is -0.117. The standard InChI is InChI=1S/C18H16N4O2S2/c1-11-5-2-3-6-13(11)22-10-12(9-15(22)23)17-20-21-18(26-17)19-16(24)14-7-4-8-25-14/h2-8,12H,9-10H2,1H3,(H,19,21,24)/t12-/m0/s1. The summed E-state index contributed by atoms with van der Waals surface area (Å²) in [7, 11) is 0. The van der Waals surface area contributed by atoms with Crippen molar-refractivity contribution >= 4 is 45.3 Å². The minimum Gasteiger partial charge on any atom is -0.311 e. The van der Waals surface area contributed by atoms with Gasteiger partial charge in [-0.1, -0.05) is 35.6 Å². The summed E-state index contributed by atoms with van der Waals surface area (Å²) < 4.78 is 0. The molecule has 132 valence electrons. The molecule has 1 saturated heterocycles. The van der Waals surface area contributed by atoms with Gasteiger partial charge < -0.3 is 4.90 Å². The van der Waals surface area contributed by atoms with Gasteiger partial charge >= 0.3 is 0 Å². The van der Waals surface area contributed by atoms with Gasteiger partial charge in [0.2, 0.25) is 11.0 Å². The number of benzene rings is 1. The number of nitrogens with zero attached hydrogens (tertiary/aromatic N) is 3. The Kier molecular flexibility index (Phi) is 4.52. The Morgan fingerprint density at radius 1 is 1.23 bits per heavy atom. The molecule has 1 N–H and O–H groups in total. The van der Waals surface area contributed by atoms with E-state index in [2.05, 4.69) is 15.5 Å². The first-order chi connectivity index (χ1) is 12.6. The second-order valence-electron chi connectivity index (χ2n) is 6.07. The number of rotatable bonds is 4. The van der Waals surface area contributed by atoms with Crippen molar-refractivity contribution in [3.05, 3.63) is 57.2 Å². The summed E-state index contributed by atoms with van der Waals surface area (Å²) in [5.74, 6) is -0.109. The Labute approximate surface area is 158 Å². The summed E-state index contributed by atoms with van der Waals surface area (Å²) in [4.78, 5) is 27.0. The predicted molar refractivity (Wildman–Crippen MR) is 103 cm³/mol. The Morgan fingerprint density at radius 2 is 2.08 bits per heavy atom. The van der Waals surface area contributed by atoms with Gasteiger partial charge in [0.05, 0.1) is 4.88 Å². The van der Waals surface area contributed by atoms with Crippen molar-refractivity contribution in [3.8, 4) is 0 Å². The van der Waals surface area contributed by atoms with Gasteiger partial charge in [0.15, 0.2) is 0 Å². The lowest BCUT2D eigenvalue weighted by Gasteiger charge is -2.18. The zero-order chi connectivity index (χ0) is 18.1. The summed E-state index contributed by atoms with van der Waals surface area (Å²) in [6.07, 6.45) is 0.405. The monoisotopic (exact) mass is 384 g/mol. The summed E-state index contributed by atoms with van der Waals surface area (Å²) in [6.45, 7) is 2.58. The number of aryl methyl sites for hydroxylation is 1. The summed E-state index contributed by atoms with van der Waals surface area (Å²) in [6, 6.07) is 11.4. The van der Waals surface area contributed by atoms with Crippen molar-refractivity contribution in [3.63, 3.8) is 0 Å². The molecular weight excluding hydrogens is 368 g/mol. The fourth-order valence-electron chi connectivity index (χ4n) is 2.99. The summed E-state index contributed by atoms with van der Waals surface area (Å²) in [5.41, 5.74) is 2.01. The SMILES string of the molecule is Cc1ccccc1N1C[C@@H](c2nnc(NC(=O)c3cccs3)s2)CC1=O. The van der Waals surface area contributed by atoms with E-state index in [0.29, 0.717) is 23.0 Å². The first kappa shape index (κ1) is 16.9. The van der Waals surface area contributed by atoms with Crippen molar-refractivity contribution in [2.24, 2.45) is 0 Å². The van der Waals surface area contributed by atoms with Gasteiger partial charge in [-0.05, 0) is 30.0 Å². The Hall–Kier alpha value is -2.58. The van der Waals surface area contributed by atoms with Crippen molar-refractivity contribution in [1.29, 1.82) is 0 Å². The second-order valence-corrected chi connectivity index (χ2v) is 8.03.